The lowest BCUT2D eigenvalue weighted by Gasteiger charge is -2.08. The molecule has 0 spiro atoms. The summed E-state index contributed by atoms with van der Waals surface area (Å²) in [4.78, 5) is 16.4. The SMILES string of the molecule is Cc1ccc2cc(/C=N/NC(=O)COc3ccc(OCc4ccccc4)cc3)c(Cl)nc2c1. The first-order valence-corrected chi connectivity index (χ1v) is 10.7. The van der Waals surface area contributed by atoms with E-state index in [-0.39, 0.29) is 6.61 Å². The van der Waals surface area contributed by atoms with Crippen molar-refractivity contribution in [3.63, 3.8) is 0 Å². The maximum atomic E-state index is 12.0. The highest BCUT2D eigenvalue weighted by atomic mass is 35.5. The molecule has 1 aromatic heterocycles. The number of halogens is 1. The predicted molar refractivity (Wildman–Crippen MR) is 130 cm³/mol. The fourth-order valence-electron chi connectivity index (χ4n) is 3.09. The second-order valence-electron chi connectivity index (χ2n) is 7.39. The number of hydrogen-bond acceptors (Lipinski definition) is 5. The molecule has 0 aliphatic heterocycles. The third-order valence-corrected chi connectivity index (χ3v) is 5.09. The van der Waals surface area contributed by atoms with Crippen molar-refractivity contribution < 1.29 is 14.3 Å². The molecule has 0 bridgehead atoms. The Morgan fingerprint density at radius 2 is 1.73 bits per heavy atom. The third kappa shape index (κ3) is 6.30. The molecule has 4 aromatic rings. The molecule has 0 unspecified atom stereocenters. The molecular weight excluding hydrogens is 438 g/mol. The van der Waals surface area contributed by atoms with Gasteiger partial charge in [-0.25, -0.2) is 10.4 Å². The van der Waals surface area contributed by atoms with Gasteiger partial charge in [-0.2, -0.15) is 5.10 Å². The molecular formula is C26H22ClN3O3. The van der Waals surface area contributed by atoms with Crippen molar-refractivity contribution in [2.24, 2.45) is 5.10 Å². The molecule has 0 saturated heterocycles. The monoisotopic (exact) mass is 459 g/mol. The summed E-state index contributed by atoms with van der Waals surface area (Å²) in [5.41, 5.74) is 6.05. The minimum atomic E-state index is -0.392. The van der Waals surface area contributed by atoms with E-state index in [4.69, 9.17) is 21.1 Å². The summed E-state index contributed by atoms with van der Waals surface area (Å²) in [6.45, 7) is 2.30. The van der Waals surface area contributed by atoms with E-state index in [0.29, 0.717) is 23.1 Å². The fourth-order valence-corrected chi connectivity index (χ4v) is 3.28. The summed E-state index contributed by atoms with van der Waals surface area (Å²) >= 11 is 6.23. The maximum absolute atomic E-state index is 12.0. The van der Waals surface area contributed by atoms with Crippen molar-refractivity contribution in [3.05, 3.63) is 101 Å². The second-order valence-corrected chi connectivity index (χ2v) is 7.75. The quantitative estimate of drug-likeness (QED) is 0.220. The number of fused-ring (bicyclic) bond motifs is 1. The van der Waals surface area contributed by atoms with Crippen molar-refractivity contribution in [3.8, 4) is 11.5 Å². The Bertz CT molecular complexity index is 1280. The molecule has 3 aromatic carbocycles. The molecule has 4 rings (SSSR count). The Hall–Kier alpha value is -3.90. The molecule has 1 heterocycles. The minimum absolute atomic E-state index is 0.176. The lowest BCUT2D eigenvalue weighted by atomic mass is 10.1. The standard InChI is InChI=1S/C26H22ClN3O3/c1-18-7-8-20-14-21(26(27)29-24(20)13-18)15-28-30-25(31)17-33-23-11-9-22(10-12-23)32-16-19-5-3-2-4-6-19/h2-15H,16-17H2,1H3,(H,30,31)/b28-15+. The first kappa shape index (κ1) is 22.3. The summed E-state index contributed by atoms with van der Waals surface area (Å²) in [5.74, 6) is 0.880. The molecule has 6 nitrogen and oxygen atoms in total. The van der Waals surface area contributed by atoms with Crippen LogP contribution in [0.25, 0.3) is 10.9 Å². The van der Waals surface area contributed by atoms with Gasteiger partial charge in [0.2, 0.25) is 0 Å². The average molecular weight is 460 g/mol. The minimum Gasteiger partial charge on any atom is -0.489 e. The molecule has 0 fully saturated rings. The van der Waals surface area contributed by atoms with E-state index in [2.05, 4.69) is 15.5 Å². The van der Waals surface area contributed by atoms with E-state index in [1.165, 1.54) is 6.21 Å². The molecule has 0 aliphatic carbocycles. The normalized spacial score (nSPS) is 11.0. The van der Waals surface area contributed by atoms with Gasteiger partial charge in [0.05, 0.1) is 11.7 Å². The van der Waals surface area contributed by atoms with Crippen LogP contribution in [0, 0.1) is 6.92 Å². The number of hydrogen-bond donors (Lipinski definition) is 1. The Kier molecular flexibility index (Phi) is 7.17. The zero-order valence-corrected chi connectivity index (χ0v) is 18.8. The summed E-state index contributed by atoms with van der Waals surface area (Å²) in [7, 11) is 0. The van der Waals surface area contributed by atoms with E-state index >= 15 is 0 Å². The first-order valence-electron chi connectivity index (χ1n) is 10.4. The van der Waals surface area contributed by atoms with Crippen molar-refractivity contribution in [1.82, 2.24) is 10.4 Å². The van der Waals surface area contributed by atoms with Gasteiger partial charge in [-0.05, 0) is 54.4 Å². The highest BCUT2D eigenvalue weighted by Gasteiger charge is 2.05. The van der Waals surface area contributed by atoms with Crippen LogP contribution in [-0.4, -0.2) is 23.7 Å². The Labute approximate surface area is 196 Å². The number of amides is 1. The molecule has 0 aliphatic rings. The average Bonchev–Trinajstić information content (AvgIpc) is 2.83. The van der Waals surface area contributed by atoms with Crippen LogP contribution in [0.3, 0.4) is 0 Å². The fraction of sp³-hybridized carbons (Fsp3) is 0.115. The molecule has 0 atom stereocenters. The van der Waals surface area contributed by atoms with Gasteiger partial charge in [0.1, 0.15) is 23.3 Å². The molecule has 1 amide bonds. The molecule has 0 saturated carbocycles. The van der Waals surface area contributed by atoms with Crippen LogP contribution < -0.4 is 14.9 Å². The van der Waals surface area contributed by atoms with Crippen LogP contribution in [0.15, 0.2) is 84.0 Å². The number of carbonyl (C=O) groups is 1. The molecule has 33 heavy (non-hydrogen) atoms. The van der Waals surface area contributed by atoms with Gasteiger partial charge in [0.25, 0.3) is 5.91 Å². The van der Waals surface area contributed by atoms with Crippen LogP contribution in [0.1, 0.15) is 16.7 Å². The first-order chi connectivity index (χ1) is 16.1. The number of nitrogens with zero attached hydrogens (tertiary/aromatic N) is 2. The summed E-state index contributed by atoms with van der Waals surface area (Å²) < 4.78 is 11.2. The highest BCUT2D eigenvalue weighted by molar-refractivity contribution is 6.32. The lowest BCUT2D eigenvalue weighted by Crippen LogP contribution is -2.24. The lowest BCUT2D eigenvalue weighted by molar-refractivity contribution is -0.123. The van der Waals surface area contributed by atoms with E-state index in [1.807, 2.05) is 61.5 Å². The van der Waals surface area contributed by atoms with Crippen LogP contribution in [0.2, 0.25) is 5.15 Å². The zero-order chi connectivity index (χ0) is 23.0. The van der Waals surface area contributed by atoms with Crippen molar-refractivity contribution in [2.75, 3.05) is 6.61 Å². The van der Waals surface area contributed by atoms with Crippen molar-refractivity contribution >= 4 is 34.6 Å². The van der Waals surface area contributed by atoms with Crippen molar-refractivity contribution in [2.45, 2.75) is 13.5 Å². The maximum Gasteiger partial charge on any atom is 0.277 e. The molecule has 1 N–H and O–H groups in total. The van der Waals surface area contributed by atoms with Crippen LogP contribution in [0.5, 0.6) is 11.5 Å². The van der Waals surface area contributed by atoms with Crippen molar-refractivity contribution in [1.29, 1.82) is 0 Å². The number of ether oxygens (including phenoxy) is 2. The largest absolute Gasteiger partial charge is 0.489 e. The van der Waals surface area contributed by atoms with E-state index in [0.717, 1.165) is 27.8 Å². The van der Waals surface area contributed by atoms with Gasteiger partial charge in [0.15, 0.2) is 6.61 Å². The van der Waals surface area contributed by atoms with Gasteiger partial charge in [-0.3, -0.25) is 4.79 Å². The number of benzene rings is 3. The third-order valence-electron chi connectivity index (χ3n) is 4.79. The topological polar surface area (TPSA) is 72.8 Å². The Morgan fingerprint density at radius 1 is 1.00 bits per heavy atom. The van der Waals surface area contributed by atoms with Gasteiger partial charge >= 0.3 is 0 Å². The summed E-state index contributed by atoms with van der Waals surface area (Å²) in [5, 5.41) is 5.22. The number of nitrogens with one attached hydrogen (secondary N) is 1. The Morgan fingerprint density at radius 3 is 2.48 bits per heavy atom. The number of pyridine rings is 1. The summed E-state index contributed by atoms with van der Waals surface area (Å²) in [6, 6.07) is 24.8. The number of carbonyl (C=O) groups excluding carboxylic acids is 1. The molecule has 166 valence electrons. The number of rotatable bonds is 8. The van der Waals surface area contributed by atoms with Crippen LogP contribution in [0.4, 0.5) is 0 Å². The van der Waals surface area contributed by atoms with Gasteiger partial charge in [-0.15, -0.1) is 0 Å². The summed E-state index contributed by atoms with van der Waals surface area (Å²) in [6.07, 6.45) is 1.46. The number of hydrazone groups is 1. The predicted octanol–water partition coefficient (Wildman–Crippen LogP) is 5.30. The second kappa shape index (κ2) is 10.6. The molecule has 7 heteroatoms. The van der Waals surface area contributed by atoms with Gasteiger partial charge < -0.3 is 9.47 Å². The van der Waals surface area contributed by atoms with Crippen LogP contribution >= 0.6 is 11.6 Å². The zero-order valence-electron chi connectivity index (χ0n) is 18.0. The van der Waals surface area contributed by atoms with E-state index < -0.39 is 5.91 Å². The smallest absolute Gasteiger partial charge is 0.277 e. The van der Waals surface area contributed by atoms with Crippen LogP contribution in [-0.2, 0) is 11.4 Å². The van der Waals surface area contributed by atoms with E-state index in [9.17, 15) is 4.79 Å². The van der Waals surface area contributed by atoms with E-state index in [1.54, 1.807) is 24.3 Å². The molecule has 0 radical (unpaired) electrons. The highest BCUT2D eigenvalue weighted by Crippen LogP contribution is 2.21. The van der Waals surface area contributed by atoms with Gasteiger partial charge in [0, 0.05) is 10.9 Å². The number of aromatic nitrogens is 1. The number of aryl methyl sites for hydroxylation is 1. The van der Waals surface area contributed by atoms with Gasteiger partial charge in [-0.1, -0.05) is 54.1 Å². The Balaban J connectivity index is 1.25.